The van der Waals surface area contributed by atoms with E-state index in [0.717, 1.165) is 17.0 Å². The minimum Gasteiger partial charge on any atom is -0.269 e. The molecule has 0 aliphatic carbocycles. The minimum atomic E-state index is -3.37. The zero-order valence-electron chi connectivity index (χ0n) is 6.86. The molecule has 0 bridgehead atoms. The first-order chi connectivity index (χ1) is 5.52. The molecule has 0 spiro atoms. The molecule has 0 aromatic carbocycles. The van der Waals surface area contributed by atoms with Crippen molar-refractivity contribution in [2.75, 3.05) is 12.8 Å². The van der Waals surface area contributed by atoms with Crippen LogP contribution in [0, 0.1) is 0 Å². The Balaban J connectivity index is 2.90. The number of sulfonamides is 1. The lowest BCUT2D eigenvalue weighted by Crippen LogP contribution is -2.34. The molecule has 0 aromatic heterocycles. The van der Waals surface area contributed by atoms with Crippen LogP contribution in [-0.4, -0.2) is 31.4 Å². The van der Waals surface area contributed by atoms with Gasteiger partial charge in [-0.3, -0.25) is 4.79 Å². The third-order valence-electron chi connectivity index (χ3n) is 1.64. The highest BCUT2D eigenvalue weighted by Gasteiger charge is 2.21. The van der Waals surface area contributed by atoms with Gasteiger partial charge in [-0.05, 0) is 12.8 Å². The molecule has 4 nitrogen and oxygen atoms in total. The average molecular weight is 189 g/mol. The van der Waals surface area contributed by atoms with E-state index in [4.69, 9.17) is 0 Å². The maximum absolute atomic E-state index is 11.1. The van der Waals surface area contributed by atoms with Crippen LogP contribution in [-0.2, 0) is 14.8 Å². The molecule has 0 N–H and O–H groups in total. The Morgan fingerprint density at radius 3 is 2.75 bits per heavy atom. The van der Waals surface area contributed by atoms with Gasteiger partial charge in [-0.25, -0.2) is 12.7 Å². The molecule has 1 aliphatic rings. The molecule has 0 atom stereocenters. The first-order valence-electron chi connectivity index (χ1n) is 3.70. The highest BCUT2D eigenvalue weighted by molar-refractivity contribution is 7.88. The van der Waals surface area contributed by atoms with Gasteiger partial charge >= 0.3 is 0 Å². The van der Waals surface area contributed by atoms with Crippen LogP contribution in [0.5, 0.6) is 0 Å². The third-order valence-corrected chi connectivity index (χ3v) is 2.80. The highest BCUT2D eigenvalue weighted by Crippen LogP contribution is 2.07. The summed E-state index contributed by atoms with van der Waals surface area (Å²) >= 11 is 0. The van der Waals surface area contributed by atoms with Crippen molar-refractivity contribution in [3.8, 4) is 0 Å². The molecular weight excluding hydrogens is 178 g/mol. The summed E-state index contributed by atoms with van der Waals surface area (Å²) in [6, 6.07) is 0. The molecule has 1 rings (SSSR count). The van der Waals surface area contributed by atoms with E-state index in [1.807, 2.05) is 0 Å². The maximum Gasteiger partial charge on any atom is 0.259 e. The summed E-state index contributed by atoms with van der Waals surface area (Å²) in [4.78, 5) is 11.1. The van der Waals surface area contributed by atoms with Crippen molar-refractivity contribution >= 4 is 15.9 Å². The van der Waals surface area contributed by atoms with Gasteiger partial charge in [0.1, 0.15) is 0 Å². The Morgan fingerprint density at radius 2 is 2.17 bits per heavy atom. The molecular formula is C7H11NO3S. The van der Waals surface area contributed by atoms with Crippen molar-refractivity contribution in [2.45, 2.75) is 12.8 Å². The van der Waals surface area contributed by atoms with E-state index in [-0.39, 0.29) is 0 Å². The van der Waals surface area contributed by atoms with Crippen molar-refractivity contribution in [3.63, 3.8) is 0 Å². The normalized spacial score (nSPS) is 19.4. The third kappa shape index (κ3) is 2.07. The molecule has 5 heteroatoms. The fourth-order valence-electron chi connectivity index (χ4n) is 1.06. The summed E-state index contributed by atoms with van der Waals surface area (Å²) in [7, 11) is -3.37. The molecule has 1 amide bonds. The van der Waals surface area contributed by atoms with Gasteiger partial charge in [0.25, 0.3) is 5.91 Å². The number of carbonyl (C=O) groups is 1. The van der Waals surface area contributed by atoms with Gasteiger partial charge in [0, 0.05) is 12.6 Å². The van der Waals surface area contributed by atoms with Crippen LogP contribution in [0.25, 0.3) is 0 Å². The fraction of sp³-hybridized carbons (Fsp3) is 0.571. The second-order valence-corrected chi connectivity index (χ2v) is 4.62. The Hall–Kier alpha value is -0.840. The summed E-state index contributed by atoms with van der Waals surface area (Å²) in [5, 5.41) is 0. The van der Waals surface area contributed by atoms with E-state index >= 15 is 0 Å². The van der Waals surface area contributed by atoms with Crippen LogP contribution < -0.4 is 0 Å². The zero-order valence-corrected chi connectivity index (χ0v) is 7.67. The Kier molecular flexibility index (Phi) is 2.52. The van der Waals surface area contributed by atoms with Crippen molar-refractivity contribution in [1.29, 1.82) is 0 Å². The molecule has 68 valence electrons. The molecule has 0 saturated heterocycles. The predicted octanol–water partition coefficient (Wildman–Crippen LogP) is 0.125. The van der Waals surface area contributed by atoms with Crippen LogP contribution in [0.15, 0.2) is 12.2 Å². The number of hydrogen-bond acceptors (Lipinski definition) is 3. The molecule has 0 fully saturated rings. The van der Waals surface area contributed by atoms with E-state index in [2.05, 4.69) is 0 Å². The monoisotopic (exact) mass is 189 g/mol. The predicted molar refractivity (Wildman–Crippen MR) is 44.9 cm³/mol. The van der Waals surface area contributed by atoms with Gasteiger partial charge in [-0.1, -0.05) is 6.08 Å². The van der Waals surface area contributed by atoms with Gasteiger partial charge in [0.2, 0.25) is 10.0 Å². The van der Waals surface area contributed by atoms with Crippen LogP contribution in [0.3, 0.4) is 0 Å². The summed E-state index contributed by atoms with van der Waals surface area (Å²) in [5.41, 5.74) is 0. The number of carbonyl (C=O) groups excluding carboxylic acids is 1. The summed E-state index contributed by atoms with van der Waals surface area (Å²) in [5.74, 6) is -0.435. The van der Waals surface area contributed by atoms with Gasteiger partial charge in [0.05, 0.1) is 6.26 Å². The van der Waals surface area contributed by atoms with Gasteiger partial charge in [-0.2, -0.15) is 0 Å². The number of nitrogens with zero attached hydrogens (tertiary/aromatic N) is 1. The lowest BCUT2D eigenvalue weighted by atomic mass is 10.3. The summed E-state index contributed by atoms with van der Waals surface area (Å²) in [6.45, 7) is 0.296. The SMILES string of the molecule is CS(=O)(=O)N1CCCC=CC1=O. The molecule has 1 aliphatic heterocycles. The Morgan fingerprint density at radius 1 is 1.50 bits per heavy atom. The molecule has 12 heavy (non-hydrogen) atoms. The quantitative estimate of drug-likeness (QED) is 0.589. The Bertz CT molecular complexity index is 305. The highest BCUT2D eigenvalue weighted by atomic mass is 32.2. The van der Waals surface area contributed by atoms with Crippen LogP contribution in [0.1, 0.15) is 12.8 Å². The lowest BCUT2D eigenvalue weighted by molar-refractivity contribution is -0.121. The zero-order chi connectivity index (χ0) is 9.19. The van der Waals surface area contributed by atoms with Gasteiger partial charge in [-0.15, -0.1) is 0 Å². The van der Waals surface area contributed by atoms with Crippen LogP contribution in [0.4, 0.5) is 0 Å². The number of amides is 1. The van der Waals surface area contributed by atoms with Crippen molar-refractivity contribution in [1.82, 2.24) is 4.31 Å². The van der Waals surface area contributed by atoms with Crippen molar-refractivity contribution in [3.05, 3.63) is 12.2 Å². The fourth-order valence-corrected chi connectivity index (χ4v) is 1.91. The largest absolute Gasteiger partial charge is 0.269 e. The maximum atomic E-state index is 11.1. The minimum absolute atomic E-state index is 0.296. The van der Waals surface area contributed by atoms with Crippen LogP contribution >= 0.6 is 0 Å². The molecule has 0 unspecified atom stereocenters. The van der Waals surface area contributed by atoms with E-state index in [0.29, 0.717) is 13.0 Å². The molecule has 0 saturated carbocycles. The second-order valence-electron chi connectivity index (χ2n) is 2.72. The standard InChI is InChI=1S/C7H11NO3S/c1-12(10,11)8-6-4-2-3-5-7(8)9/h3,5H,2,4,6H2,1H3. The van der Waals surface area contributed by atoms with E-state index < -0.39 is 15.9 Å². The number of hydrogen-bond donors (Lipinski definition) is 0. The van der Waals surface area contributed by atoms with E-state index in [1.165, 1.54) is 6.08 Å². The summed E-state index contributed by atoms with van der Waals surface area (Å²) < 4.78 is 22.9. The Labute approximate surface area is 71.9 Å². The summed E-state index contributed by atoms with van der Waals surface area (Å²) in [6.07, 6.45) is 5.53. The molecule has 0 radical (unpaired) electrons. The average Bonchev–Trinajstić information content (AvgIpc) is 2.11. The van der Waals surface area contributed by atoms with Crippen LogP contribution in [0.2, 0.25) is 0 Å². The molecule has 0 aromatic rings. The molecule has 1 heterocycles. The first-order valence-corrected chi connectivity index (χ1v) is 5.55. The van der Waals surface area contributed by atoms with Gasteiger partial charge in [0.15, 0.2) is 0 Å². The first kappa shape index (κ1) is 9.25. The number of rotatable bonds is 1. The smallest absolute Gasteiger partial charge is 0.259 e. The van der Waals surface area contributed by atoms with E-state index in [9.17, 15) is 13.2 Å². The van der Waals surface area contributed by atoms with Crippen molar-refractivity contribution in [2.24, 2.45) is 0 Å². The van der Waals surface area contributed by atoms with Gasteiger partial charge < -0.3 is 0 Å². The van der Waals surface area contributed by atoms with Crippen molar-refractivity contribution < 1.29 is 13.2 Å². The van der Waals surface area contributed by atoms with E-state index in [1.54, 1.807) is 6.08 Å². The topological polar surface area (TPSA) is 54.5 Å². The second kappa shape index (κ2) is 3.26. The lowest BCUT2D eigenvalue weighted by Gasteiger charge is -2.16. The number of allylic oxidation sites excluding steroid dienone is 1.